The molecule has 6 heteroatoms. The number of benzene rings is 1. The van der Waals surface area contributed by atoms with Gasteiger partial charge in [-0.3, -0.25) is 4.79 Å². The average molecular weight is 338 g/mol. The maximum Gasteiger partial charge on any atom is 0.243 e. The number of furan rings is 1. The number of nitrogens with zero attached hydrogens (tertiary/aromatic N) is 2. The van der Waals surface area contributed by atoms with E-state index >= 15 is 0 Å². The summed E-state index contributed by atoms with van der Waals surface area (Å²) in [5.74, 6) is 2.23. The Morgan fingerprint density at radius 2 is 1.96 bits per heavy atom. The first-order chi connectivity index (χ1) is 12.0. The van der Waals surface area contributed by atoms with Gasteiger partial charge in [0.15, 0.2) is 0 Å². The van der Waals surface area contributed by atoms with E-state index in [9.17, 15) is 4.79 Å². The third kappa shape index (κ3) is 3.96. The number of hydrogen-bond donors (Lipinski definition) is 2. The first-order valence-electron chi connectivity index (χ1n) is 8.34. The lowest BCUT2D eigenvalue weighted by Gasteiger charge is -2.22. The molecule has 0 saturated carbocycles. The molecular weight excluding hydrogens is 316 g/mol. The number of anilines is 1. The van der Waals surface area contributed by atoms with Gasteiger partial charge >= 0.3 is 0 Å². The Kier molecular flexibility index (Phi) is 4.97. The van der Waals surface area contributed by atoms with E-state index in [1.54, 1.807) is 0 Å². The number of amides is 1. The molecule has 0 unspecified atom stereocenters. The minimum atomic E-state index is -0.408. The van der Waals surface area contributed by atoms with Gasteiger partial charge in [-0.15, -0.1) is 0 Å². The highest BCUT2D eigenvalue weighted by atomic mass is 16.3. The van der Waals surface area contributed by atoms with Crippen LogP contribution < -0.4 is 10.6 Å². The van der Waals surface area contributed by atoms with E-state index in [1.165, 1.54) is 6.33 Å². The van der Waals surface area contributed by atoms with Crippen LogP contribution in [-0.4, -0.2) is 21.9 Å². The smallest absolute Gasteiger partial charge is 0.243 e. The minimum Gasteiger partial charge on any atom is -0.465 e. The quantitative estimate of drug-likeness (QED) is 0.721. The fraction of sp³-hybridized carbons (Fsp3) is 0.316. The van der Waals surface area contributed by atoms with E-state index in [0.29, 0.717) is 12.4 Å². The summed E-state index contributed by atoms with van der Waals surface area (Å²) in [6.45, 7) is 6.24. The number of rotatable bonds is 6. The molecule has 1 atom stereocenters. The Hall–Kier alpha value is -2.89. The number of hydrogen-bond acceptors (Lipinski definition) is 5. The maximum atomic E-state index is 12.6. The third-order valence-electron chi connectivity index (χ3n) is 4.02. The second-order valence-electron chi connectivity index (χ2n) is 6.34. The summed E-state index contributed by atoms with van der Waals surface area (Å²) in [5, 5.41) is 7.09. The zero-order chi connectivity index (χ0) is 17.8. The van der Waals surface area contributed by atoms with Gasteiger partial charge in [0.25, 0.3) is 0 Å². The fourth-order valence-electron chi connectivity index (χ4n) is 2.67. The summed E-state index contributed by atoms with van der Waals surface area (Å²) in [5.41, 5.74) is 0.842. The molecule has 3 rings (SSSR count). The minimum absolute atomic E-state index is 0.0899. The van der Waals surface area contributed by atoms with E-state index in [2.05, 4.69) is 20.6 Å². The summed E-state index contributed by atoms with van der Waals surface area (Å²) < 4.78 is 5.49. The van der Waals surface area contributed by atoms with Crippen molar-refractivity contribution >= 4 is 22.6 Å². The van der Waals surface area contributed by atoms with Crippen molar-refractivity contribution in [3.63, 3.8) is 0 Å². The lowest BCUT2D eigenvalue weighted by atomic mass is 10.0. The van der Waals surface area contributed by atoms with Crippen LogP contribution in [0.25, 0.3) is 10.9 Å². The second kappa shape index (κ2) is 7.34. The molecule has 0 bridgehead atoms. The highest BCUT2D eigenvalue weighted by molar-refractivity contribution is 5.92. The first-order valence-corrected chi connectivity index (χ1v) is 8.34. The zero-order valence-electron chi connectivity index (χ0n) is 14.6. The number of carbonyl (C=O) groups excluding carboxylic acids is 1. The van der Waals surface area contributed by atoms with Crippen LogP contribution in [0.2, 0.25) is 0 Å². The summed E-state index contributed by atoms with van der Waals surface area (Å²) in [6, 6.07) is 11.1. The van der Waals surface area contributed by atoms with E-state index < -0.39 is 6.04 Å². The molecule has 0 spiro atoms. The van der Waals surface area contributed by atoms with Gasteiger partial charge in [0.1, 0.15) is 29.7 Å². The van der Waals surface area contributed by atoms with Gasteiger partial charge in [-0.05, 0) is 37.1 Å². The predicted molar refractivity (Wildman–Crippen MR) is 97.1 cm³/mol. The van der Waals surface area contributed by atoms with Crippen molar-refractivity contribution in [1.29, 1.82) is 0 Å². The molecular formula is C19H22N4O2. The Morgan fingerprint density at radius 3 is 2.68 bits per heavy atom. The van der Waals surface area contributed by atoms with E-state index in [1.807, 2.05) is 57.2 Å². The molecule has 6 nitrogen and oxygen atoms in total. The van der Waals surface area contributed by atoms with Crippen LogP contribution in [0.4, 0.5) is 5.82 Å². The number of aryl methyl sites for hydroxylation is 1. The van der Waals surface area contributed by atoms with Crippen LogP contribution in [0.5, 0.6) is 0 Å². The van der Waals surface area contributed by atoms with Crippen LogP contribution in [0, 0.1) is 12.8 Å². The topological polar surface area (TPSA) is 80.0 Å². The Morgan fingerprint density at radius 1 is 1.16 bits per heavy atom. The normalized spacial score (nSPS) is 12.3. The summed E-state index contributed by atoms with van der Waals surface area (Å²) in [4.78, 5) is 21.2. The van der Waals surface area contributed by atoms with E-state index in [0.717, 1.165) is 22.4 Å². The van der Waals surface area contributed by atoms with Crippen LogP contribution in [0.1, 0.15) is 25.4 Å². The fourth-order valence-corrected chi connectivity index (χ4v) is 2.67. The van der Waals surface area contributed by atoms with Crippen molar-refractivity contribution < 1.29 is 9.21 Å². The first kappa shape index (κ1) is 17.0. The number of nitrogens with one attached hydrogen (secondary N) is 2. The molecule has 0 saturated heterocycles. The largest absolute Gasteiger partial charge is 0.465 e. The second-order valence-corrected chi connectivity index (χ2v) is 6.34. The number of carbonyl (C=O) groups is 1. The molecule has 1 amide bonds. The molecule has 130 valence electrons. The Labute approximate surface area is 146 Å². The van der Waals surface area contributed by atoms with Crippen molar-refractivity contribution in [3.8, 4) is 0 Å². The van der Waals surface area contributed by atoms with E-state index in [-0.39, 0.29) is 11.8 Å². The van der Waals surface area contributed by atoms with Gasteiger partial charge in [0.05, 0.1) is 12.1 Å². The van der Waals surface area contributed by atoms with Gasteiger partial charge in [0, 0.05) is 5.39 Å². The molecule has 3 aromatic rings. The zero-order valence-corrected chi connectivity index (χ0v) is 14.6. The van der Waals surface area contributed by atoms with Gasteiger partial charge in [-0.25, -0.2) is 9.97 Å². The Bertz CT molecular complexity index is 867. The molecule has 0 aliphatic heterocycles. The van der Waals surface area contributed by atoms with Gasteiger partial charge in [-0.1, -0.05) is 26.0 Å². The number of fused-ring (bicyclic) bond motifs is 1. The van der Waals surface area contributed by atoms with Crippen molar-refractivity contribution in [1.82, 2.24) is 15.3 Å². The van der Waals surface area contributed by atoms with Crippen molar-refractivity contribution in [2.24, 2.45) is 5.92 Å². The van der Waals surface area contributed by atoms with Crippen molar-refractivity contribution in [2.75, 3.05) is 5.32 Å². The molecule has 2 aromatic heterocycles. The summed E-state index contributed by atoms with van der Waals surface area (Å²) in [7, 11) is 0. The van der Waals surface area contributed by atoms with Crippen molar-refractivity contribution in [3.05, 3.63) is 54.2 Å². The average Bonchev–Trinajstić information content (AvgIpc) is 3.02. The van der Waals surface area contributed by atoms with Crippen LogP contribution in [0.3, 0.4) is 0 Å². The van der Waals surface area contributed by atoms with Crippen molar-refractivity contribution in [2.45, 2.75) is 33.4 Å². The van der Waals surface area contributed by atoms with Gasteiger partial charge in [0.2, 0.25) is 5.91 Å². The van der Waals surface area contributed by atoms with Gasteiger partial charge in [-0.2, -0.15) is 0 Å². The molecule has 0 radical (unpaired) electrons. The molecule has 2 N–H and O–H groups in total. The molecule has 0 fully saturated rings. The Balaban J connectivity index is 1.75. The third-order valence-corrected chi connectivity index (χ3v) is 4.02. The molecule has 2 heterocycles. The predicted octanol–water partition coefficient (Wildman–Crippen LogP) is 3.28. The van der Waals surface area contributed by atoms with Crippen LogP contribution >= 0.6 is 0 Å². The SMILES string of the molecule is Cc1ccc(CNC(=O)[C@H](Nc2ncnc3ccccc23)C(C)C)o1. The summed E-state index contributed by atoms with van der Waals surface area (Å²) >= 11 is 0. The van der Waals surface area contributed by atoms with Crippen LogP contribution in [0.15, 0.2) is 47.1 Å². The molecule has 25 heavy (non-hydrogen) atoms. The highest BCUT2D eigenvalue weighted by Gasteiger charge is 2.23. The highest BCUT2D eigenvalue weighted by Crippen LogP contribution is 2.20. The molecule has 0 aliphatic rings. The number of para-hydroxylation sites is 1. The lowest BCUT2D eigenvalue weighted by molar-refractivity contribution is -0.122. The maximum absolute atomic E-state index is 12.6. The standard InChI is InChI=1S/C19H22N4O2/c1-12(2)17(19(24)20-10-14-9-8-13(3)25-14)23-18-15-6-4-5-7-16(15)21-11-22-18/h4-9,11-12,17H,10H2,1-3H3,(H,20,24)(H,21,22,23)/t17-/m1/s1. The lowest BCUT2D eigenvalue weighted by Crippen LogP contribution is -2.42. The molecule has 0 aliphatic carbocycles. The molecule has 1 aromatic carbocycles. The number of aromatic nitrogens is 2. The van der Waals surface area contributed by atoms with Crippen LogP contribution in [-0.2, 0) is 11.3 Å². The van der Waals surface area contributed by atoms with E-state index in [4.69, 9.17) is 4.42 Å². The monoisotopic (exact) mass is 338 g/mol. The van der Waals surface area contributed by atoms with Gasteiger partial charge < -0.3 is 15.1 Å². The summed E-state index contributed by atoms with van der Waals surface area (Å²) in [6.07, 6.45) is 1.51.